The maximum atomic E-state index is 12.5. The number of para-hydroxylation sites is 1. The fourth-order valence-electron chi connectivity index (χ4n) is 3.22. The highest BCUT2D eigenvalue weighted by Crippen LogP contribution is 2.23. The summed E-state index contributed by atoms with van der Waals surface area (Å²) in [6, 6.07) is 6.05. The SMILES string of the molecule is CCc1cccc(C)c1NC(=O)c1cnc(N2CCC(C)CC2)cn1. The van der Waals surface area contributed by atoms with Gasteiger partial charge in [0.05, 0.1) is 12.4 Å². The summed E-state index contributed by atoms with van der Waals surface area (Å²) in [7, 11) is 0. The summed E-state index contributed by atoms with van der Waals surface area (Å²) < 4.78 is 0. The van der Waals surface area contributed by atoms with Crippen molar-refractivity contribution in [1.82, 2.24) is 9.97 Å². The van der Waals surface area contributed by atoms with Crippen molar-refractivity contribution in [3.63, 3.8) is 0 Å². The molecule has 1 aliphatic rings. The van der Waals surface area contributed by atoms with Gasteiger partial charge in [0.25, 0.3) is 5.91 Å². The predicted octanol–water partition coefficient (Wildman–Crippen LogP) is 3.84. The van der Waals surface area contributed by atoms with Crippen LogP contribution in [0.15, 0.2) is 30.6 Å². The average molecular weight is 338 g/mol. The summed E-state index contributed by atoms with van der Waals surface area (Å²) in [6.07, 6.45) is 6.51. The van der Waals surface area contributed by atoms with E-state index in [0.29, 0.717) is 5.69 Å². The van der Waals surface area contributed by atoms with Gasteiger partial charge in [-0.05, 0) is 43.2 Å². The normalized spacial score (nSPS) is 15.2. The van der Waals surface area contributed by atoms with E-state index in [4.69, 9.17) is 0 Å². The van der Waals surface area contributed by atoms with Crippen molar-refractivity contribution in [3.8, 4) is 0 Å². The lowest BCUT2D eigenvalue weighted by atomic mass is 9.99. The standard InChI is InChI=1S/C20H26N4O/c1-4-16-7-5-6-15(3)19(16)23-20(25)17-12-22-18(13-21-17)24-10-8-14(2)9-11-24/h5-7,12-14H,4,8-11H2,1-3H3,(H,23,25). The number of hydrogen-bond acceptors (Lipinski definition) is 4. The van der Waals surface area contributed by atoms with E-state index < -0.39 is 0 Å². The number of rotatable bonds is 4. The van der Waals surface area contributed by atoms with Gasteiger partial charge in [-0.25, -0.2) is 9.97 Å². The van der Waals surface area contributed by atoms with Crippen molar-refractivity contribution in [1.29, 1.82) is 0 Å². The Labute approximate surface area is 149 Å². The van der Waals surface area contributed by atoms with Gasteiger partial charge in [0.15, 0.2) is 0 Å². The molecule has 3 rings (SSSR count). The Hall–Kier alpha value is -2.43. The van der Waals surface area contributed by atoms with Gasteiger partial charge in [-0.15, -0.1) is 0 Å². The summed E-state index contributed by atoms with van der Waals surface area (Å²) in [4.78, 5) is 23.6. The molecule has 0 spiro atoms. The van der Waals surface area contributed by atoms with Crippen LogP contribution in [0.2, 0.25) is 0 Å². The summed E-state index contributed by atoms with van der Waals surface area (Å²) in [5, 5.41) is 3.00. The quantitative estimate of drug-likeness (QED) is 0.920. The molecule has 1 aromatic carbocycles. The topological polar surface area (TPSA) is 58.1 Å². The largest absolute Gasteiger partial charge is 0.355 e. The van der Waals surface area contributed by atoms with E-state index in [1.54, 1.807) is 12.4 Å². The lowest BCUT2D eigenvalue weighted by Crippen LogP contribution is -2.33. The Morgan fingerprint density at radius 1 is 1.24 bits per heavy atom. The summed E-state index contributed by atoms with van der Waals surface area (Å²) >= 11 is 0. The molecule has 1 amide bonds. The molecule has 1 aromatic heterocycles. The minimum atomic E-state index is -0.213. The number of benzene rings is 1. The molecule has 2 heterocycles. The van der Waals surface area contributed by atoms with E-state index in [2.05, 4.69) is 34.0 Å². The van der Waals surface area contributed by atoms with Crippen LogP contribution in [-0.4, -0.2) is 29.0 Å². The number of nitrogens with one attached hydrogen (secondary N) is 1. The third-order valence-electron chi connectivity index (χ3n) is 4.96. The number of aromatic nitrogens is 2. The number of nitrogens with zero attached hydrogens (tertiary/aromatic N) is 3. The van der Waals surface area contributed by atoms with Gasteiger partial charge in [0.1, 0.15) is 11.5 Å². The van der Waals surface area contributed by atoms with Gasteiger partial charge in [0, 0.05) is 18.8 Å². The van der Waals surface area contributed by atoms with Gasteiger partial charge >= 0.3 is 0 Å². The molecule has 1 N–H and O–H groups in total. The maximum absolute atomic E-state index is 12.5. The molecule has 0 radical (unpaired) electrons. The molecule has 0 atom stereocenters. The second kappa shape index (κ2) is 7.64. The first kappa shape index (κ1) is 17.4. The molecule has 0 bridgehead atoms. The van der Waals surface area contributed by atoms with Crippen LogP contribution >= 0.6 is 0 Å². The highest BCUT2D eigenvalue weighted by Gasteiger charge is 2.18. The van der Waals surface area contributed by atoms with E-state index >= 15 is 0 Å². The van der Waals surface area contributed by atoms with E-state index in [1.807, 2.05) is 25.1 Å². The first-order valence-electron chi connectivity index (χ1n) is 9.05. The highest BCUT2D eigenvalue weighted by molar-refractivity contribution is 6.03. The van der Waals surface area contributed by atoms with Crippen LogP contribution in [0, 0.1) is 12.8 Å². The molecule has 2 aromatic rings. The van der Waals surface area contributed by atoms with Crippen LogP contribution < -0.4 is 10.2 Å². The molecule has 0 unspecified atom stereocenters. The Kier molecular flexibility index (Phi) is 5.31. The second-order valence-corrected chi connectivity index (χ2v) is 6.85. The third kappa shape index (κ3) is 3.98. The summed E-state index contributed by atoms with van der Waals surface area (Å²) in [5.74, 6) is 1.42. The third-order valence-corrected chi connectivity index (χ3v) is 4.96. The maximum Gasteiger partial charge on any atom is 0.275 e. The monoisotopic (exact) mass is 338 g/mol. The summed E-state index contributed by atoms with van der Waals surface area (Å²) in [5.41, 5.74) is 3.41. The number of aryl methyl sites for hydroxylation is 2. The Morgan fingerprint density at radius 2 is 2.00 bits per heavy atom. The number of hydrogen-bond donors (Lipinski definition) is 1. The molecular formula is C20H26N4O. The Balaban J connectivity index is 1.71. The Morgan fingerprint density at radius 3 is 2.64 bits per heavy atom. The molecule has 25 heavy (non-hydrogen) atoms. The van der Waals surface area contributed by atoms with Gasteiger partial charge in [-0.2, -0.15) is 0 Å². The zero-order chi connectivity index (χ0) is 17.8. The number of anilines is 2. The number of piperidine rings is 1. The fourth-order valence-corrected chi connectivity index (χ4v) is 3.22. The molecule has 5 nitrogen and oxygen atoms in total. The lowest BCUT2D eigenvalue weighted by molar-refractivity contribution is 0.102. The van der Waals surface area contributed by atoms with Crippen LogP contribution in [0.4, 0.5) is 11.5 Å². The second-order valence-electron chi connectivity index (χ2n) is 6.85. The van der Waals surface area contributed by atoms with Crippen LogP contribution in [0.25, 0.3) is 0 Å². The number of carbonyl (C=O) groups excluding carboxylic acids is 1. The fraction of sp³-hybridized carbons (Fsp3) is 0.450. The van der Waals surface area contributed by atoms with Crippen LogP contribution in [0.3, 0.4) is 0 Å². The molecule has 132 valence electrons. The molecular weight excluding hydrogens is 312 g/mol. The van der Waals surface area contributed by atoms with Crippen molar-refractivity contribution >= 4 is 17.4 Å². The summed E-state index contributed by atoms with van der Waals surface area (Å²) in [6.45, 7) is 8.38. The minimum Gasteiger partial charge on any atom is -0.355 e. The number of carbonyl (C=O) groups is 1. The zero-order valence-corrected chi connectivity index (χ0v) is 15.2. The van der Waals surface area contributed by atoms with E-state index in [0.717, 1.165) is 48.1 Å². The number of amides is 1. The van der Waals surface area contributed by atoms with Crippen molar-refractivity contribution in [2.45, 2.75) is 40.0 Å². The highest BCUT2D eigenvalue weighted by atomic mass is 16.1. The zero-order valence-electron chi connectivity index (χ0n) is 15.2. The first-order valence-corrected chi connectivity index (χ1v) is 9.05. The van der Waals surface area contributed by atoms with Gasteiger partial charge in [-0.3, -0.25) is 4.79 Å². The Bertz CT molecular complexity index is 734. The van der Waals surface area contributed by atoms with Gasteiger partial charge in [0.2, 0.25) is 0 Å². The van der Waals surface area contributed by atoms with Crippen LogP contribution in [-0.2, 0) is 6.42 Å². The first-order chi connectivity index (χ1) is 12.1. The molecule has 5 heteroatoms. The predicted molar refractivity (Wildman–Crippen MR) is 101 cm³/mol. The molecule has 1 aliphatic heterocycles. The van der Waals surface area contributed by atoms with Crippen molar-refractivity contribution in [2.24, 2.45) is 5.92 Å². The molecule has 0 saturated carbocycles. The van der Waals surface area contributed by atoms with Crippen LogP contribution in [0.1, 0.15) is 48.3 Å². The van der Waals surface area contributed by atoms with Crippen molar-refractivity contribution in [2.75, 3.05) is 23.3 Å². The smallest absolute Gasteiger partial charge is 0.275 e. The van der Waals surface area contributed by atoms with Crippen molar-refractivity contribution < 1.29 is 4.79 Å². The average Bonchev–Trinajstić information content (AvgIpc) is 2.64. The van der Waals surface area contributed by atoms with Crippen molar-refractivity contribution in [3.05, 3.63) is 47.4 Å². The lowest BCUT2D eigenvalue weighted by Gasteiger charge is -2.30. The minimum absolute atomic E-state index is 0.213. The molecule has 1 saturated heterocycles. The van der Waals surface area contributed by atoms with E-state index in [-0.39, 0.29) is 5.91 Å². The van der Waals surface area contributed by atoms with E-state index in [1.165, 1.54) is 12.8 Å². The molecule has 1 fully saturated rings. The van der Waals surface area contributed by atoms with E-state index in [9.17, 15) is 4.79 Å². The van der Waals surface area contributed by atoms with Gasteiger partial charge < -0.3 is 10.2 Å². The van der Waals surface area contributed by atoms with Crippen LogP contribution in [0.5, 0.6) is 0 Å². The van der Waals surface area contributed by atoms with Gasteiger partial charge in [-0.1, -0.05) is 32.0 Å². The molecule has 0 aliphatic carbocycles.